The molecule has 0 amide bonds. The normalized spacial score (nSPS) is 23.6. The Morgan fingerprint density at radius 2 is 2.19 bits per heavy atom. The first kappa shape index (κ1) is 15.4. The van der Waals surface area contributed by atoms with E-state index in [1.807, 2.05) is 11.3 Å². The van der Waals surface area contributed by atoms with Crippen molar-refractivity contribution in [3.8, 4) is 0 Å². The van der Waals surface area contributed by atoms with E-state index in [-0.39, 0.29) is 0 Å². The summed E-state index contributed by atoms with van der Waals surface area (Å²) < 4.78 is 0. The minimum atomic E-state index is 0.777. The van der Waals surface area contributed by atoms with Crippen molar-refractivity contribution in [3.63, 3.8) is 0 Å². The van der Waals surface area contributed by atoms with Gasteiger partial charge in [0.05, 0.1) is 10.7 Å². The molecule has 0 radical (unpaired) electrons. The number of thiazole rings is 1. The first-order valence-electron chi connectivity index (χ1n) is 8.67. The second kappa shape index (κ2) is 7.21. The molecule has 1 aromatic rings. The van der Waals surface area contributed by atoms with Crippen LogP contribution in [0.15, 0.2) is 0 Å². The molecule has 0 spiro atoms. The molecule has 1 saturated carbocycles. The van der Waals surface area contributed by atoms with Gasteiger partial charge in [-0.1, -0.05) is 13.8 Å². The molecule has 1 aromatic heterocycles. The van der Waals surface area contributed by atoms with Crippen LogP contribution in [0.4, 0.5) is 0 Å². The third-order valence-corrected chi connectivity index (χ3v) is 5.79. The molecule has 118 valence electrons. The van der Waals surface area contributed by atoms with Gasteiger partial charge in [-0.25, -0.2) is 4.98 Å². The Balaban J connectivity index is 1.57. The molecule has 21 heavy (non-hydrogen) atoms. The van der Waals surface area contributed by atoms with Crippen molar-refractivity contribution >= 4 is 11.3 Å². The average Bonchev–Trinajstić information content (AvgIpc) is 3.24. The SMILES string of the molecule is CCNCc1sc(CCN2CCCC(C)C2)nc1C1CC1. The van der Waals surface area contributed by atoms with Gasteiger partial charge in [-0.05, 0) is 44.7 Å². The highest BCUT2D eigenvalue weighted by Crippen LogP contribution is 2.42. The fourth-order valence-corrected chi connectivity index (χ4v) is 4.42. The van der Waals surface area contributed by atoms with Crippen LogP contribution in [0.3, 0.4) is 0 Å². The van der Waals surface area contributed by atoms with E-state index in [1.54, 1.807) is 0 Å². The molecule has 2 fully saturated rings. The molecule has 1 N–H and O–H groups in total. The molecule has 0 aromatic carbocycles. The number of hydrogen-bond donors (Lipinski definition) is 1. The largest absolute Gasteiger partial charge is 0.312 e. The number of likely N-dealkylation sites (tertiary alicyclic amines) is 1. The number of nitrogens with zero attached hydrogens (tertiary/aromatic N) is 2. The molecule has 4 heteroatoms. The fraction of sp³-hybridized carbons (Fsp3) is 0.824. The molecule has 1 aliphatic carbocycles. The van der Waals surface area contributed by atoms with Crippen LogP contribution in [0.5, 0.6) is 0 Å². The smallest absolute Gasteiger partial charge is 0.0944 e. The molecule has 0 bridgehead atoms. The topological polar surface area (TPSA) is 28.2 Å². The lowest BCUT2D eigenvalue weighted by Crippen LogP contribution is -2.35. The predicted molar refractivity (Wildman–Crippen MR) is 90.0 cm³/mol. The van der Waals surface area contributed by atoms with E-state index in [0.29, 0.717) is 0 Å². The van der Waals surface area contributed by atoms with Crippen molar-refractivity contribution in [2.75, 3.05) is 26.2 Å². The summed E-state index contributed by atoms with van der Waals surface area (Å²) in [7, 11) is 0. The van der Waals surface area contributed by atoms with Crippen LogP contribution >= 0.6 is 11.3 Å². The third kappa shape index (κ3) is 4.27. The summed E-state index contributed by atoms with van der Waals surface area (Å²) in [6, 6.07) is 0. The Labute approximate surface area is 133 Å². The van der Waals surface area contributed by atoms with E-state index >= 15 is 0 Å². The summed E-state index contributed by atoms with van der Waals surface area (Å²) >= 11 is 1.96. The standard InChI is InChI=1S/C17H29N3S/c1-3-18-11-15-17(14-6-7-14)19-16(21-15)8-10-20-9-4-5-13(2)12-20/h13-14,18H,3-12H2,1-2H3. The van der Waals surface area contributed by atoms with Crippen LogP contribution in [0.25, 0.3) is 0 Å². The quantitative estimate of drug-likeness (QED) is 0.837. The molecular formula is C17H29N3S. The number of piperidine rings is 1. The van der Waals surface area contributed by atoms with Crippen LogP contribution in [0.2, 0.25) is 0 Å². The van der Waals surface area contributed by atoms with Gasteiger partial charge in [0.2, 0.25) is 0 Å². The molecule has 2 aliphatic rings. The minimum absolute atomic E-state index is 0.777. The summed E-state index contributed by atoms with van der Waals surface area (Å²) in [5.41, 5.74) is 1.42. The van der Waals surface area contributed by atoms with Gasteiger partial charge in [0.25, 0.3) is 0 Å². The Kier molecular flexibility index (Phi) is 5.30. The second-order valence-corrected chi connectivity index (χ2v) is 7.94. The van der Waals surface area contributed by atoms with Gasteiger partial charge in [-0.2, -0.15) is 0 Å². The first-order valence-corrected chi connectivity index (χ1v) is 9.49. The van der Waals surface area contributed by atoms with Crippen molar-refractivity contribution in [2.24, 2.45) is 5.92 Å². The van der Waals surface area contributed by atoms with E-state index in [0.717, 1.165) is 31.3 Å². The van der Waals surface area contributed by atoms with Gasteiger partial charge in [0.15, 0.2) is 0 Å². The monoisotopic (exact) mass is 307 g/mol. The lowest BCUT2D eigenvalue weighted by Gasteiger charge is -2.30. The van der Waals surface area contributed by atoms with Crippen LogP contribution in [0, 0.1) is 5.92 Å². The van der Waals surface area contributed by atoms with Crippen molar-refractivity contribution in [1.82, 2.24) is 15.2 Å². The van der Waals surface area contributed by atoms with Crippen LogP contribution < -0.4 is 5.32 Å². The Morgan fingerprint density at radius 1 is 1.33 bits per heavy atom. The zero-order chi connectivity index (χ0) is 14.7. The number of rotatable bonds is 7. The average molecular weight is 308 g/mol. The molecule has 3 nitrogen and oxygen atoms in total. The van der Waals surface area contributed by atoms with Gasteiger partial charge >= 0.3 is 0 Å². The highest BCUT2D eigenvalue weighted by molar-refractivity contribution is 7.11. The molecule has 1 aliphatic heterocycles. The molecule has 1 unspecified atom stereocenters. The van der Waals surface area contributed by atoms with Gasteiger partial charge in [-0.3, -0.25) is 0 Å². The third-order valence-electron chi connectivity index (χ3n) is 4.65. The lowest BCUT2D eigenvalue weighted by atomic mass is 10.0. The zero-order valence-corrected chi connectivity index (χ0v) is 14.3. The Hall–Kier alpha value is -0.450. The van der Waals surface area contributed by atoms with Crippen LogP contribution in [0.1, 0.15) is 61.0 Å². The van der Waals surface area contributed by atoms with Gasteiger partial charge in [0.1, 0.15) is 0 Å². The Morgan fingerprint density at radius 3 is 2.90 bits per heavy atom. The van der Waals surface area contributed by atoms with Crippen LogP contribution in [-0.4, -0.2) is 36.1 Å². The van der Waals surface area contributed by atoms with Crippen molar-refractivity contribution in [3.05, 3.63) is 15.6 Å². The molecule has 1 atom stereocenters. The van der Waals surface area contributed by atoms with E-state index in [1.165, 1.54) is 60.9 Å². The van der Waals surface area contributed by atoms with Crippen LogP contribution in [-0.2, 0) is 13.0 Å². The van der Waals surface area contributed by atoms with E-state index in [9.17, 15) is 0 Å². The van der Waals surface area contributed by atoms with Gasteiger partial charge in [-0.15, -0.1) is 11.3 Å². The van der Waals surface area contributed by atoms with E-state index in [4.69, 9.17) is 4.98 Å². The Bertz CT molecular complexity index is 453. The van der Waals surface area contributed by atoms with Gasteiger partial charge < -0.3 is 10.2 Å². The second-order valence-electron chi connectivity index (χ2n) is 6.77. The number of aromatic nitrogens is 1. The minimum Gasteiger partial charge on any atom is -0.312 e. The lowest BCUT2D eigenvalue weighted by molar-refractivity contribution is 0.186. The summed E-state index contributed by atoms with van der Waals surface area (Å²) in [6.07, 6.45) is 6.63. The summed E-state index contributed by atoms with van der Waals surface area (Å²) in [4.78, 5) is 9.12. The summed E-state index contributed by atoms with van der Waals surface area (Å²) in [5, 5.41) is 4.84. The maximum atomic E-state index is 4.98. The molecular weight excluding hydrogens is 278 g/mol. The summed E-state index contributed by atoms with van der Waals surface area (Å²) in [5.74, 6) is 1.65. The summed E-state index contributed by atoms with van der Waals surface area (Å²) in [6.45, 7) is 10.4. The maximum Gasteiger partial charge on any atom is 0.0944 e. The number of nitrogens with one attached hydrogen (secondary N) is 1. The van der Waals surface area contributed by atoms with E-state index in [2.05, 4.69) is 24.1 Å². The highest BCUT2D eigenvalue weighted by atomic mass is 32.1. The zero-order valence-electron chi connectivity index (χ0n) is 13.5. The predicted octanol–water partition coefficient (Wildman–Crippen LogP) is 3.40. The molecule has 1 saturated heterocycles. The van der Waals surface area contributed by atoms with Crippen molar-refractivity contribution in [2.45, 2.75) is 58.4 Å². The highest BCUT2D eigenvalue weighted by Gasteiger charge is 2.29. The van der Waals surface area contributed by atoms with Crippen molar-refractivity contribution in [1.29, 1.82) is 0 Å². The van der Waals surface area contributed by atoms with Crippen molar-refractivity contribution < 1.29 is 0 Å². The number of hydrogen-bond acceptors (Lipinski definition) is 4. The molecule has 2 heterocycles. The maximum absolute atomic E-state index is 4.98. The fourth-order valence-electron chi connectivity index (χ4n) is 3.31. The van der Waals surface area contributed by atoms with Gasteiger partial charge in [0, 0.05) is 36.9 Å². The molecule has 3 rings (SSSR count). The van der Waals surface area contributed by atoms with E-state index < -0.39 is 0 Å². The first-order chi connectivity index (χ1) is 10.3.